The number of para-hydroxylation sites is 1. The fourth-order valence-electron chi connectivity index (χ4n) is 2.75. The second-order valence-corrected chi connectivity index (χ2v) is 7.99. The average molecular weight is 482 g/mol. The van der Waals surface area contributed by atoms with Crippen molar-refractivity contribution >= 4 is 28.8 Å². The van der Waals surface area contributed by atoms with Crippen molar-refractivity contribution < 1.29 is 29.7 Å². The minimum absolute atomic E-state index is 0.0718. The zero-order valence-corrected chi connectivity index (χ0v) is 19.8. The van der Waals surface area contributed by atoms with E-state index in [1.54, 1.807) is 0 Å². The molecule has 0 unspecified atom stereocenters. The average Bonchev–Trinajstić information content (AvgIpc) is 3.21. The van der Waals surface area contributed by atoms with Crippen LogP contribution in [0.2, 0.25) is 0 Å². The van der Waals surface area contributed by atoms with Gasteiger partial charge in [-0.05, 0) is 36.9 Å². The number of carboxylic acid groups (broad SMARTS) is 3. The lowest BCUT2D eigenvalue weighted by atomic mass is 10.0. The molecule has 1 aromatic carbocycles. The third kappa shape index (κ3) is 11.8. The van der Waals surface area contributed by atoms with E-state index < -0.39 is 36.0 Å². The SMILES string of the molecule is CC[C@H](C)[C@H](N)C(=O)O.NCCCC[C@H](N)C(=O)O.N[C@@H](Cc1c[nH]c2ccccc12)C(=O)O. The number of carboxylic acids is 3. The van der Waals surface area contributed by atoms with Gasteiger partial charge in [0.05, 0.1) is 0 Å². The first-order valence-electron chi connectivity index (χ1n) is 11.2. The molecule has 11 nitrogen and oxygen atoms in total. The van der Waals surface area contributed by atoms with Crippen LogP contribution >= 0.6 is 0 Å². The molecule has 0 amide bonds. The van der Waals surface area contributed by atoms with Gasteiger partial charge in [-0.15, -0.1) is 0 Å². The van der Waals surface area contributed by atoms with Gasteiger partial charge in [-0.1, -0.05) is 44.9 Å². The van der Waals surface area contributed by atoms with Crippen molar-refractivity contribution in [3.63, 3.8) is 0 Å². The lowest BCUT2D eigenvalue weighted by molar-refractivity contribution is -0.140. The number of H-pyrrole nitrogens is 1. The van der Waals surface area contributed by atoms with Crippen LogP contribution in [0.25, 0.3) is 10.9 Å². The van der Waals surface area contributed by atoms with E-state index in [1.165, 1.54) is 0 Å². The maximum atomic E-state index is 10.6. The molecule has 4 atom stereocenters. The highest BCUT2D eigenvalue weighted by Crippen LogP contribution is 2.18. The molecule has 192 valence electrons. The van der Waals surface area contributed by atoms with Crippen molar-refractivity contribution in [2.45, 2.75) is 64.1 Å². The molecule has 0 aliphatic heterocycles. The second-order valence-electron chi connectivity index (χ2n) is 7.99. The summed E-state index contributed by atoms with van der Waals surface area (Å²) in [5.41, 5.74) is 23.1. The number of fused-ring (bicyclic) bond motifs is 1. The van der Waals surface area contributed by atoms with Crippen LogP contribution in [0.15, 0.2) is 30.5 Å². The van der Waals surface area contributed by atoms with Crippen LogP contribution in [0.3, 0.4) is 0 Å². The molecular formula is C23H39N5O6. The van der Waals surface area contributed by atoms with Gasteiger partial charge in [-0.2, -0.15) is 0 Å². The largest absolute Gasteiger partial charge is 0.480 e. The van der Waals surface area contributed by atoms with Crippen LogP contribution in [0.4, 0.5) is 0 Å². The van der Waals surface area contributed by atoms with Gasteiger partial charge >= 0.3 is 17.9 Å². The fraction of sp³-hybridized carbons (Fsp3) is 0.522. The zero-order chi connectivity index (χ0) is 26.3. The van der Waals surface area contributed by atoms with Crippen LogP contribution in [0.5, 0.6) is 0 Å². The molecule has 2 aromatic rings. The van der Waals surface area contributed by atoms with E-state index in [4.69, 9.17) is 38.3 Å². The molecule has 0 fully saturated rings. The number of aliphatic carboxylic acids is 3. The number of aromatic amines is 1. The van der Waals surface area contributed by atoms with Crippen LogP contribution in [0, 0.1) is 5.92 Å². The van der Waals surface area contributed by atoms with Gasteiger partial charge in [0.15, 0.2) is 0 Å². The summed E-state index contributed by atoms with van der Waals surface area (Å²) < 4.78 is 0. The van der Waals surface area contributed by atoms with E-state index in [1.807, 2.05) is 44.3 Å². The van der Waals surface area contributed by atoms with Gasteiger partial charge in [-0.25, -0.2) is 0 Å². The molecule has 1 aromatic heterocycles. The van der Waals surface area contributed by atoms with Gasteiger partial charge in [0.2, 0.25) is 0 Å². The lowest BCUT2D eigenvalue weighted by Crippen LogP contribution is -2.36. The van der Waals surface area contributed by atoms with E-state index in [-0.39, 0.29) is 5.92 Å². The summed E-state index contributed by atoms with van der Waals surface area (Å²) in [6.45, 7) is 4.36. The van der Waals surface area contributed by atoms with Crippen LogP contribution in [-0.2, 0) is 20.8 Å². The van der Waals surface area contributed by atoms with E-state index >= 15 is 0 Å². The van der Waals surface area contributed by atoms with E-state index in [0.29, 0.717) is 19.4 Å². The number of nitrogens with one attached hydrogen (secondary N) is 1. The summed E-state index contributed by atoms with van der Waals surface area (Å²) in [6, 6.07) is 5.50. The Labute approximate surface area is 199 Å². The molecule has 0 spiro atoms. The summed E-state index contributed by atoms with van der Waals surface area (Å²) >= 11 is 0. The smallest absolute Gasteiger partial charge is 0.320 e. The molecule has 0 aliphatic carbocycles. The fourth-order valence-corrected chi connectivity index (χ4v) is 2.75. The number of hydrogen-bond donors (Lipinski definition) is 8. The minimum atomic E-state index is -0.972. The number of unbranched alkanes of at least 4 members (excludes halogenated alkanes) is 1. The Kier molecular flexibility index (Phi) is 15.1. The molecule has 0 radical (unpaired) electrons. The Bertz CT molecular complexity index is 888. The number of nitrogens with two attached hydrogens (primary N) is 4. The number of rotatable bonds is 11. The molecule has 2 rings (SSSR count). The maximum absolute atomic E-state index is 10.6. The van der Waals surface area contributed by atoms with Gasteiger partial charge in [0, 0.05) is 23.5 Å². The topological polar surface area (TPSA) is 232 Å². The minimum Gasteiger partial charge on any atom is -0.480 e. The predicted molar refractivity (Wildman–Crippen MR) is 131 cm³/mol. The number of benzene rings is 1. The van der Waals surface area contributed by atoms with Crippen molar-refractivity contribution in [3.8, 4) is 0 Å². The summed E-state index contributed by atoms with van der Waals surface area (Å²) in [5, 5.41) is 26.4. The maximum Gasteiger partial charge on any atom is 0.320 e. The highest BCUT2D eigenvalue weighted by atomic mass is 16.4. The first kappa shape index (κ1) is 31.0. The molecule has 0 saturated heterocycles. The molecule has 0 aliphatic rings. The van der Waals surface area contributed by atoms with Crippen molar-refractivity contribution in [1.29, 1.82) is 0 Å². The summed E-state index contributed by atoms with van der Waals surface area (Å²) in [6.07, 6.45) is 5.14. The third-order valence-electron chi connectivity index (χ3n) is 5.26. The predicted octanol–water partition coefficient (Wildman–Crippen LogP) is 1.09. The summed E-state index contributed by atoms with van der Waals surface area (Å²) in [7, 11) is 0. The van der Waals surface area contributed by atoms with Gasteiger partial charge < -0.3 is 43.2 Å². The summed E-state index contributed by atoms with van der Waals surface area (Å²) in [5.74, 6) is -2.75. The normalized spacial score (nSPS) is 13.9. The van der Waals surface area contributed by atoms with Crippen molar-refractivity contribution in [2.24, 2.45) is 28.9 Å². The third-order valence-corrected chi connectivity index (χ3v) is 5.26. The Morgan fingerprint density at radius 2 is 1.53 bits per heavy atom. The second kappa shape index (κ2) is 16.6. The molecule has 0 bridgehead atoms. The molecule has 34 heavy (non-hydrogen) atoms. The summed E-state index contributed by atoms with van der Waals surface area (Å²) in [4.78, 5) is 34.0. The monoisotopic (exact) mass is 481 g/mol. The number of aromatic nitrogens is 1. The standard InChI is InChI=1S/C11H12N2O2.C6H14N2O2.C6H13NO2/c12-9(11(14)15)5-7-6-13-10-4-2-1-3-8(7)10;7-4-2-1-3-5(8)6(9)10;1-3-4(2)5(7)6(8)9/h1-4,6,9,13H,5,12H2,(H,14,15);5H,1-4,7-8H2,(H,9,10);4-5H,3,7H2,1-2H3,(H,8,9)/t9-;5-;4-,5-/m000/s1. The van der Waals surface area contributed by atoms with Gasteiger partial charge in [0.25, 0.3) is 0 Å². The Morgan fingerprint density at radius 1 is 0.941 bits per heavy atom. The van der Waals surface area contributed by atoms with Crippen LogP contribution < -0.4 is 22.9 Å². The van der Waals surface area contributed by atoms with E-state index in [9.17, 15) is 14.4 Å². The lowest BCUT2D eigenvalue weighted by Gasteiger charge is -2.11. The zero-order valence-electron chi connectivity index (χ0n) is 19.8. The first-order valence-corrected chi connectivity index (χ1v) is 11.2. The number of hydrogen-bond acceptors (Lipinski definition) is 7. The van der Waals surface area contributed by atoms with Crippen molar-refractivity contribution in [1.82, 2.24) is 4.98 Å². The van der Waals surface area contributed by atoms with Crippen LogP contribution in [-0.4, -0.2) is 62.9 Å². The van der Waals surface area contributed by atoms with E-state index in [2.05, 4.69) is 4.98 Å². The first-order chi connectivity index (χ1) is 16.0. The molecule has 0 saturated carbocycles. The van der Waals surface area contributed by atoms with Gasteiger partial charge in [-0.3, -0.25) is 14.4 Å². The number of carbonyl (C=O) groups is 3. The highest BCUT2D eigenvalue weighted by molar-refractivity contribution is 5.84. The quantitative estimate of drug-likeness (QED) is 0.213. The van der Waals surface area contributed by atoms with E-state index in [0.717, 1.165) is 35.7 Å². The highest BCUT2D eigenvalue weighted by Gasteiger charge is 2.17. The molecular weight excluding hydrogens is 442 g/mol. The van der Waals surface area contributed by atoms with Crippen molar-refractivity contribution in [2.75, 3.05) is 6.54 Å². The van der Waals surface area contributed by atoms with Crippen LogP contribution in [0.1, 0.15) is 45.1 Å². The molecule has 11 heteroatoms. The Balaban J connectivity index is 0.000000507. The van der Waals surface area contributed by atoms with Crippen molar-refractivity contribution in [3.05, 3.63) is 36.0 Å². The Morgan fingerprint density at radius 3 is 2.00 bits per heavy atom. The Hall–Kier alpha value is -2.99. The molecule has 12 N–H and O–H groups in total. The molecule has 1 heterocycles. The van der Waals surface area contributed by atoms with Gasteiger partial charge in [0.1, 0.15) is 18.1 Å².